The fourth-order valence-electron chi connectivity index (χ4n) is 1.41. The molecule has 7 heteroatoms. The zero-order chi connectivity index (χ0) is 11.4. The van der Waals surface area contributed by atoms with Crippen molar-refractivity contribution in [2.45, 2.75) is 24.7 Å². The van der Waals surface area contributed by atoms with Crippen molar-refractivity contribution in [3.8, 4) is 0 Å². The Kier molecular flexibility index (Phi) is 2.05. The topological polar surface area (TPSA) is 17.8 Å². The molecule has 1 aromatic heterocycles. The third kappa shape index (κ3) is 1.60. The summed E-state index contributed by atoms with van der Waals surface area (Å²) in [5.74, 6) is 0. The Morgan fingerprint density at radius 1 is 1.40 bits per heavy atom. The van der Waals surface area contributed by atoms with Gasteiger partial charge < -0.3 is 0 Å². The van der Waals surface area contributed by atoms with Crippen LogP contribution in [0.5, 0.6) is 0 Å². The van der Waals surface area contributed by atoms with Gasteiger partial charge in [-0.25, -0.2) is 4.39 Å². The maximum absolute atomic E-state index is 13.6. The normalized spacial score (nSPS) is 19.3. The van der Waals surface area contributed by atoms with Gasteiger partial charge in [0.15, 0.2) is 5.67 Å². The minimum absolute atomic E-state index is 0.0728. The molecule has 2 rings (SSSR count). The van der Waals surface area contributed by atoms with E-state index in [9.17, 15) is 17.6 Å². The Bertz CT molecular complexity index is 406. The second-order valence-corrected chi connectivity index (χ2v) is 3.96. The van der Waals surface area contributed by atoms with Gasteiger partial charge >= 0.3 is 6.18 Å². The fraction of sp³-hybridized carbons (Fsp3) is 0.625. The lowest BCUT2D eigenvalue weighted by atomic mass is 10.1. The monoisotopic (exact) mass is 242 g/mol. The van der Waals surface area contributed by atoms with Gasteiger partial charge in [0.1, 0.15) is 16.4 Å². The second kappa shape index (κ2) is 2.87. The summed E-state index contributed by atoms with van der Waals surface area (Å²) in [7, 11) is 1.26. The Morgan fingerprint density at radius 2 is 1.93 bits per heavy atom. The van der Waals surface area contributed by atoms with Crippen molar-refractivity contribution < 1.29 is 17.6 Å². The summed E-state index contributed by atoms with van der Waals surface area (Å²) in [5.41, 5.74) is -3.66. The number of rotatable bonds is 1. The largest absolute Gasteiger partial charge is 0.421 e. The Labute approximate surface area is 87.8 Å². The fourth-order valence-corrected chi connectivity index (χ4v) is 1.65. The van der Waals surface area contributed by atoms with Gasteiger partial charge in [-0.05, 0) is 12.8 Å². The van der Waals surface area contributed by atoms with Crippen LogP contribution in [0.4, 0.5) is 17.6 Å². The molecule has 2 nitrogen and oxygen atoms in total. The van der Waals surface area contributed by atoms with Crippen molar-refractivity contribution in [3.05, 3.63) is 16.4 Å². The summed E-state index contributed by atoms with van der Waals surface area (Å²) in [5, 5.41) is 2.93. The lowest BCUT2D eigenvalue weighted by Crippen LogP contribution is -2.12. The predicted octanol–water partition coefficient (Wildman–Crippen LogP) is 3.05. The molecule has 1 aliphatic carbocycles. The van der Waals surface area contributed by atoms with E-state index in [4.69, 9.17) is 11.6 Å². The van der Waals surface area contributed by atoms with E-state index in [0.29, 0.717) is 0 Å². The first kappa shape index (κ1) is 10.7. The molecular formula is C8H7ClF4N2. The van der Waals surface area contributed by atoms with Gasteiger partial charge in [0.25, 0.3) is 0 Å². The standard InChI is InChI=1S/C8H7ClF4N2/c1-15-6(9)4(8(11,12)13)5(14-15)7(10)2-3-7/h2-3H2,1H3. The van der Waals surface area contributed by atoms with Crippen molar-refractivity contribution in [2.75, 3.05) is 0 Å². The molecule has 84 valence electrons. The number of hydrogen-bond donors (Lipinski definition) is 0. The van der Waals surface area contributed by atoms with E-state index in [0.717, 1.165) is 4.68 Å². The average Bonchev–Trinajstić information content (AvgIpc) is 2.73. The summed E-state index contributed by atoms with van der Waals surface area (Å²) >= 11 is 5.45. The van der Waals surface area contributed by atoms with Crippen molar-refractivity contribution >= 4 is 11.6 Å². The van der Waals surface area contributed by atoms with Gasteiger partial charge in [-0.3, -0.25) is 4.68 Å². The van der Waals surface area contributed by atoms with E-state index >= 15 is 0 Å². The molecule has 0 bridgehead atoms. The SMILES string of the molecule is Cn1nc(C2(F)CC2)c(C(F)(F)F)c1Cl. The summed E-state index contributed by atoms with van der Waals surface area (Å²) < 4.78 is 52.2. The molecule has 1 aliphatic rings. The lowest BCUT2D eigenvalue weighted by Gasteiger charge is -2.08. The average molecular weight is 243 g/mol. The number of aromatic nitrogens is 2. The molecule has 15 heavy (non-hydrogen) atoms. The molecule has 1 aromatic rings. The lowest BCUT2D eigenvalue weighted by molar-refractivity contribution is -0.138. The highest BCUT2D eigenvalue weighted by Crippen LogP contribution is 2.53. The number of aryl methyl sites for hydroxylation is 1. The van der Waals surface area contributed by atoms with Crippen LogP contribution >= 0.6 is 11.6 Å². The maximum atomic E-state index is 13.6. The minimum atomic E-state index is -4.66. The zero-order valence-electron chi connectivity index (χ0n) is 7.70. The van der Waals surface area contributed by atoms with Crippen molar-refractivity contribution in [2.24, 2.45) is 7.05 Å². The van der Waals surface area contributed by atoms with E-state index in [1.165, 1.54) is 7.05 Å². The van der Waals surface area contributed by atoms with Gasteiger partial charge in [-0.2, -0.15) is 18.3 Å². The van der Waals surface area contributed by atoms with Crippen LogP contribution in [-0.4, -0.2) is 9.78 Å². The smallest absolute Gasteiger partial charge is 0.256 e. The molecule has 0 spiro atoms. The third-order valence-electron chi connectivity index (χ3n) is 2.37. The van der Waals surface area contributed by atoms with Crippen LogP contribution in [0.25, 0.3) is 0 Å². The van der Waals surface area contributed by atoms with Crippen LogP contribution in [0.1, 0.15) is 24.1 Å². The number of nitrogens with zero attached hydrogens (tertiary/aromatic N) is 2. The first-order chi connectivity index (χ1) is 6.76. The molecular weight excluding hydrogens is 236 g/mol. The van der Waals surface area contributed by atoms with E-state index in [2.05, 4.69) is 5.10 Å². The van der Waals surface area contributed by atoms with Gasteiger partial charge in [0.05, 0.1) is 0 Å². The van der Waals surface area contributed by atoms with E-state index in [1.54, 1.807) is 0 Å². The highest BCUT2D eigenvalue weighted by molar-refractivity contribution is 6.30. The van der Waals surface area contributed by atoms with Gasteiger partial charge in [-0.1, -0.05) is 11.6 Å². The summed E-state index contributed by atoms with van der Waals surface area (Å²) in [6.07, 6.45) is -4.52. The first-order valence-corrected chi connectivity index (χ1v) is 4.62. The van der Waals surface area contributed by atoms with E-state index in [1.807, 2.05) is 0 Å². The molecule has 0 N–H and O–H groups in total. The van der Waals surface area contributed by atoms with Crippen LogP contribution in [0.2, 0.25) is 5.15 Å². The highest BCUT2D eigenvalue weighted by Gasteiger charge is 2.54. The third-order valence-corrected chi connectivity index (χ3v) is 2.81. The summed E-state index contributed by atoms with van der Waals surface area (Å²) in [6, 6.07) is 0. The highest BCUT2D eigenvalue weighted by atomic mass is 35.5. The van der Waals surface area contributed by atoms with E-state index < -0.39 is 28.3 Å². The molecule has 0 atom stereocenters. The molecule has 0 amide bonds. The maximum Gasteiger partial charge on any atom is 0.421 e. The van der Waals surface area contributed by atoms with Crippen LogP contribution in [-0.2, 0) is 18.9 Å². The second-order valence-electron chi connectivity index (χ2n) is 3.60. The van der Waals surface area contributed by atoms with Crippen LogP contribution in [0.15, 0.2) is 0 Å². The minimum Gasteiger partial charge on any atom is -0.256 e. The number of halogens is 5. The molecule has 0 aromatic carbocycles. The van der Waals surface area contributed by atoms with Crippen LogP contribution in [0, 0.1) is 0 Å². The van der Waals surface area contributed by atoms with Gasteiger partial charge in [-0.15, -0.1) is 0 Å². The van der Waals surface area contributed by atoms with Gasteiger partial charge in [0.2, 0.25) is 0 Å². The quantitative estimate of drug-likeness (QED) is 0.692. The van der Waals surface area contributed by atoms with Crippen molar-refractivity contribution in [3.63, 3.8) is 0 Å². The first-order valence-electron chi connectivity index (χ1n) is 4.25. The predicted molar refractivity (Wildman–Crippen MR) is 45.2 cm³/mol. The summed E-state index contributed by atoms with van der Waals surface area (Å²) in [6.45, 7) is 0. The van der Waals surface area contributed by atoms with E-state index in [-0.39, 0.29) is 12.8 Å². The molecule has 1 saturated carbocycles. The molecule has 0 radical (unpaired) electrons. The van der Waals surface area contributed by atoms with Crippen molar-refractivity contribution in [1.82, 2.24) is 9.78 Å². The molecule has 0 aliphatic heterocycles. The number of hydrogen-bond acceptors (Lipinski definition) is 1. The molecule has 1 fully saturated rings. The van der Waals surface area contributed by atoms with Crippen molar-refractivity contribution in [1.29, 1.82) is 0 Å². The van der Waals surface area contributed by atoms with Crippen LogP contribution in [0.3, 0.4) is 0 Å². The Balaban J connectivity index is 2.60. The summed E-state index contributed by atoms with van der Waals surface area (Å²) in [4.78, 5) is 0. The Hall–Kier alpha value is -0.780. The van der Waals surface area contributed by atoms with Crippen LogP contribution < -0.4 is 0 Å². The Morgan fingerprint density at radius 3 is 2.33 bits per heavy atom. The number of alkyl halides is 4. The zero-order valence-corrected chi connectivity index (χ0v) is 8.45. The van der Waals surface area contributed by atoms with Gasteiger partial charge in [0, 0.05) is 7.05 Å². The molecule has 0 saturated heterocycles. The molecule has 0 unspecified atom stereocenters. The molecule has 1 heterocycles.